The lowest BCUT2D eigenvalue weighted by atomic mass is 9.76. The van der Waals surface area contributed by atoms with Crippen molar-refractivity contribution >= 4 is 5.97 Å². The molecule has 0 unspecified atom stereocenters. The highest BCUT2D eigenvalue weighted by Crippen LogP contribution is 2.36. The highest BCUT2D eigenvalue weighted by atomic mass is 16.5. The van der Waals surface area contributed by atoms with Crippen molar-refractivity contribution in [2.75, 3.05) is 0 Å². The molecule has 106 valence electrons. The zero-order chi connectivity index (χ0) is 14.0. The van der Waals surface area contributed by atoms with Crippen LogP contribution < -0.4 is 0 Å². The molecule has 0 amide bonds. The fourth-order valence-electron chi connectivity index (χ4n) is 2.52. The average Bonchev–Trinajstić information content (AvgIpc) is 2.70. The minimum atomic E-state index is -1.03. The summed E-state index contributed by atoms with van der Waals surface area (Å²) >= 11 is 0. The number of carbonyl (C=O) groups is 1. The third-order valence-corrected chi connectivity index (χ3v) is 3.99. The number of carboxylic acids is 1. The van der Waals surface area contributed by atoms with Crippen molar-refractivity contribution in [2.24, 2.45) is 5.41 Å². The highest BCUT2D eigenvalue weighted by molar-refractivity contribution is 5.84. The third kappa shape index (κ3) is 3.60. The maximum absolute atomic E-state index is 10.8. The molecule has 1 aromatic heterocycles. The van der Waals surface area contributed by atoms with Gasteiger partial charge in [-0.2, -0.15) is 0 Å². The van der Waals surface area contributed by atoms with E-state index in [4.69, 9.17) is 14.3 Å². The van der Waals surface area contributed by atoms with E-state index in [1.807, 2.05) is 0 Å². The van der Waals surface area contributed by atoms with Crippen molar-refractivity contribution in [3.63, 3.8) is 0 Å². The van der Waals surface area contributed by atoms with Crippen LogP contribution >= 0.6 is 0 Å². The van der Waals surface area contributed by atoms with Gasteiger partial charge < -0.3 is 14.3 Å². The van der Waals surface area contributed by atoms with E-state index >= 15 is 0 Å². The summed E-state index contributed by atoms with van der Waals surface area (Å²) in [4.78, 5) is 10.8. The summed E-state index contributed by atoms with van der Waals surface area (Å²) in [6.07, 6.45) is 4.81. The average molecular weight is 266 g/mol. The molecule has 0 aliphatic heterocycles. The Kier molecular flexibility index (Phi) is 3.99. The molecule has 0 bridgehead atoms. The Hall–Kier alpha value is -1.29. The topological polar surface area (TPSA) is 59.7 Å². The Morgan fingerprint density at radius 2 is 2.11 bits per heavy atom. The van der Waals surface area contributed by atoms with Crippen LogP contribution in [0.2, 0.25) is 0 Å². The number of hydrogen-bond acceptors (Lipinski definition) is 3. The lowest BCUT2D eigenvalue weighted by Gasteiger charge is -2.34. The smallest absolute Gasteiger partial charge is 0.371 e. The van der Waals surface area contributed by atoms with Crippen molar-refractivity contribution in [3.8, 4) is 0 Å². The molecule has 0 saturated heterocycles. The molecule has 0 radical (unpaired) electrons. The van der Waals surface area contributed by atoms with E-state index in [2.05, 4.69) is 13.8 Å². The number of aryl methyl sites for hydroxylation is 1. The molecular weight excluding hydrogens is 244 g/mol. The van der Waals surface area contributed by atoms with Crippen LogP contribution in [0, 0.1) is 12.3 Å². The van der Waals surface area contributed by atoms with E-state index in [0.29, 0.717) is 17.8 Å². The van der Waals surface area contributed by atoms with Crippen LogP contribution in [0.25, 0.3) is 0 Å². The summed E-state index contributed by atoms with van der Waals surface area (Å²) in [6, 6.07) is 1.56. The zero-order valence-electron chi connectivity index (χ0n) is 11.9. The van der Waals surface area contributed by atoms with Gasteiger partial charge in [0.15, 0.2) is 0 Å². The van der Waals surface area contributed by atoms with Crippen molar-refractivity contribution in [2.45, 2.75) is 59.2 Å². The maximum Gasteiger partial charge on any atom is 0.371 e. The third-order valence-electron chi connectivity index (χ3n) is 3.99. The second-order valence-electron chi connectivity index (χ2n) is 6.17. The van der Waals surface area contributed by atoms with Gasteiger partial charge in [0.25, 0.3) is 0 Å². The molecule has 1 N–H and O–H groups in total. The number of furan rings is 1. The second-order valence-corrected chi connectivity index (χ2v) is 6.17. The maximum atomic E-state index is 10.8. The van der Waals surface area contributed by atoms with E-state index in [-0.39, 0.29) is 11.9 Å². The second kappa shape index (κ2) is 5.37. The predicted octanol–water partition coefficient (Wildman–Crippen LogP) is 3.77. The largest absolute Gasteiger partial charge is 0.475 e. The number of rotatable bonds is 4. The van der Waals surface area contributed by atoms with Crippen LogP contribution in [0.4, 0.5) is 0 Å². The Morgan fingerprint density at radius 3 is 2.63 bits per heavy atom. The molecule has 0 atom stereocenters. The first-order valence-electron chi connectivity index (χ1n) is 6.81. The summed E-state index contributed by atoms with van der Waals surface area (Å²) in [6.45, 7) is 6.80. The van der Waals surface area contributed by atoms with Gasteiger partial charge in [0.1, 0.15) is 5.76 Å². The number of aromatic carboxylic acids is 1. The molecule has 0 aromatic carbocycles. The number of ether oxygens (including phenoxy) is 1. The van der Waals surface area contributed by atoms with E-state index in [1.165, 1.54) is 12.8 Å². The van der Waals surface area contributed by atoms with E-state index in [0.717, 1.165) is 18.4 Å². The molecule has 0 spiro atoms. The summed E-state index contributed by atoms with van der Waals surface area (Å²) in [5.74, 6) is -0.414. The van der Waals surface area contributed by atoms with E-state index in [1.54, 1.807) is 13.0 Å². The van der Waals surface area contributed by atoms with Crippen LogP contribution in [0.1, 0.15) is 61.4 Å². The quantitative estimate of drug-likeness (QED) is 0.901. The molecule has 2 rings (SSSR count). The minimum absolute atomic E-state index is 0.0131. The lowest BCUT2D eigenvalue weighted by molar-refractivity contribution is -0.00598. The van der Waals surface area contributed by atoms with E-state index < -0.39 is 5.97 Å². The fourth-order valence-corrected chi connectivity index (χ4v) is 2.52. The molecule has 1 aromatic rings. The summed E-state index contributed by atoms with van der Waals surface area (Å²) in [5, 5.41) is 8.86. The molecule has 4 heteroatoms. The number of hydrogen-bond donors (Lipinski definition) is 1. The Labute approximate surface area is 113 Å². The monoisotopic (exact) mass is 266 g/mol. The summed E-state index contributed by atoms with van der Waals surface area (Å²) < 4.78 is 11.1. The molecule has 1 saturated carbocycles. The summed E-state index contributed by atoms with van der Waals surface area (Å²) in [5.41, 5.74) is 1.27. The molecule has 1 fully saturated rings. The van der Waals surface area contributed by atoms with Crippen LogP contribution in [-0.2, 0) is 11.3 Å². The summed E-state index contributed by atoms with van der Waals surface area (Å²) in [7, 11) is 0. The van der Waals surface area contributed by atoms with Gasteiger partial charge in [0.05, 0.1) is 12.7 Å². The molecule has 4 nitrogen and oxygen atoms in total. The van der Waals surface area contributed by atoms with Gasteiger partial charge in [0.2, 0.25) is 5.76 Å². The van der Waals surface area contributed by atoms with Crippen LogP contribution in [0.3, 0.4) is 0 Å². The van der Waals surface area contributed by atoms with Crippen LogP contribution in [0.15, 0.2) is 10.5 Å². The van der Waals surface area contributed by atoms with E-state index in [9.17, 15) is 4.79 Å². The Bertz CT molecular complexity index is 449. The standard InChI is InChI=1S/C15H22O4/c1-10-11(8-13(19-10)14(16)17)9-18-12-4-6-15(2,3)7-5-12/h8,12H,4-7,9H2,1-3H3,(H,16,17). The normalized spacial score (nSPS) is 19.5. The molecule has 1 aliphatic carbocycles. The Balaban J connectivity index is 1.88. The predicted molar refractivity (Wildman–Crippen MR) is 71.2 cm³/mol. The van der Waals surface area contributed by atoms with Crippen molar-refractivity contribution < 1.29 is 19.1 Å². The van der Waals surface area contributed by atoms with Gasteiger partial charge in [-0.05, 0) is 44.1 Å². The zero-order valence-corrected chi connectivity index (χ0v) is 11.9. The lowest BCUT2D eigenvalue weighted by Crippen LogP contribution is -2.26. The molecular formula is C15H22O4. The van der Waals surface area contributed by atoms with Gasteiger partial charge >= 0.3 is 5.97 Å². The van der Waals surface area contributed by atoms with Gasteiger partial charge in [-0.15, -0.1) is 0 Å². The molecule has 1 aliphatic rings. The fraction of sp³-hybridized carbons (Fsp3) is 0.667. The van der Waals surface area contributed by atoms with Crippen molar-refractivity contribution in [3.05, 3.63) is 23.2 Å². The van der Waals surface area contributed by atoms with Crippen molar-refractivity contribution in [1.29, 1.82) is 0 Å². The minimum Gasteiger partial charge on any atom is -0.475 e. The first kappa shape index (κ1) is 14.1. The SMILES string of the molecule is Cc1oc(C(=O)O)cc1COC1CCC(C)(C)CC1. The van der Waals surface area contributed by atoms with Gasteiger partial charge in [-0.25, -0.2) is 4.79 Å². The number of carboxylic acid groups (broad SMARTS) is 1. The van der Waals surface area contributed by atoms with Gasteiger partial charge in [-0.3, -0.25) is 0 Å². The molecule has 19 heavy (non-hydrogen) atoms. The molecule has 1 heterocycles. The van der Waals surface area contributed by atoms with Gasteiger partial charge in [0, 0.05) is 5.56 Å². The van der Waals surface area contributed by atoms with Crippen LogP contribution in [0.5, 0.6) is 0 Å². The first-order valence-corrected chi connectivity index (χ1v) is 6.81. The van der Waals surface area contributed by atoms with Crippen molar-refractivity contribution in [1.82, 2.24) is 0 Å². The first-order chi connectivity index (χ1) is 8.87. The van der Waals surface area contributed by atoms with Crippen LogP contribution in [-0.4, -0.2) is 17.2 Å². The Morgan fingerprint density at radius 1 is 1.47 bits per heavy atom. The highest BCUT2D eigenvalue weighted by Gasteiger charge is 2.27. The van der Waals surface area contributed by atoms with Gasteiger partial charge in [-0.1, -0.05) is 13.8 Å².